The molecule has 3 aromatic rings. The Morgan fingerprint density at radius 2 is 1.95 bits per heavy atom. The van der Waals surface area contributed by atoms with E-state index in [-0.39, 0.29) is 23.5 Å². The largest absolute Gasteiger partial charge is 0.486 e. The number of ether oxygens (including phenoxy) is 2. The summed E-state index contributed by atoms with van der Waals surface area (Å²) in [6.45, 7) is 5.21. The van der Waals surface area contributed by atoms with Crippen LogP contribution >= 0.6 is 0 Å². The van der Waals surface area contributed by atoms with E-state index in [2.05, 4.69) is 16.9 Å². The van der Waals surface area contributed by atoms with Crippen molar-refractivity contribution in [1.29, 1.82) is 0 Å². The summed E-state index contributed by atoms with van der Waals surface area (Å²) in [5, 5.41) is 2.70. The summed E-state index contributed by atoms with van der Waals surface area (Å²) in [7, 11) is 0. The molecule has 37 heavy (non-hydrogen) atoms. The molecule has 0 saturated carbocycles. The van der Waals surface area contributed by atoms with Crippen LogP contribution in [0.25, 0.3) is 11.0 Å². The number of likely N-dealkylation sites (tertiary alicyclic amines) is 1. The zero-order chi connectivity index (χ0) is 26.2. The molecule has 2 aromatic carbocycles. The highest BCUT2D eigenvalue weighted by Crippen LogP contribution is 2.41. The third-order valence-corrected chi connectivity index (χ3v) is 6.53. The van der Waals surface area contributed by atoms with E-state index in [1.54, 1.807) is 17.0 Å². The van der Waals surface area contributed by atoms with Crippen LogP contribution in [0.4, 0.5) is 19.1 Å². The van der Waals surface area contributed by atoms with Crippen molar-refractivity contribution in [3.05, 3.63) is 60.2 Å². The monoisotopic (exact) mass is 514 g/mol. The topological polar surface area (TPSA) is 85.7 Å². The first-order chi connectivity index (χ1) is 17.8. The highest BCUT2D eigenvalue weighted by atomic mass is 19.4. The number of fused-ring (bicyclic) bond motifs is 3. The van der Waals surface area contributed by atoms with Gasteiger partial charge in [0.2, 0.25) is 11.9 Å². The number of hydrogen-bond acceptors (Lipinski definition) is 5. The fraction of sp³-hybridized carbons (Fsp3) is 0.346. The number of amides is 2. The lowest BCUT2D eigenvalue weighted by Crippen LogP contribution is -2.34. The lowest BCUT2D eigenvalue weighted by atomic mass is 10.1. The Hall–Kier alpha value is -4.02. The van der Waals surface area contributed by atoms with Crippen molar-refractivity contribution in [2.24, 2.45) is 0 Å². The van der Waals surface area contributed by atoms with Crippen LogP contribution in [-0.2, 0) is 11.0 Å². The first-order valence-electron chi connectivity index (χ1n) is 12.0. The number of anilines is 1. The zero-order valence-corrected chi connectivity index (χ0v) is 19.9. The Labute approximate surface area is 210 Å². The van der Waals surface area contributed by atoms with Crippen LogP contribution < -0.4 is 14.8 Å². The number of carbonyl (C=O) groups excluding carboxylic acids is 2. The SMILES string of the molecule is C=CC(=O)N1CCCC[C@@H](n2c(NC(=O)c3cccc(C(F)(F)F)c3)nc3ccc4c(c32)OCCO4)C1. The molecular weight excluding hydrogens is 489 g/mol. The molecule has 2 aliphatic rings. The van der Waals surface area contributed by atoms with Crippen molar-refractivity contribution in [2.45, 2.75) is 31.5 Å². The van der Waals surface area contributed by atoms with E-state index < -0.39 is 17.6 Å². The van der Waals surface area contributed by atoms with Crippen LogP contribution in [0.3, 0.4) is 0 Å². The molecule has 194 valence electrons. The van der Waals surface area contributed by atoms with E-state index in [4.69, 9.17) is 9.47 Å². The van der Waals surface area contributed by atoms with Crippen molar-refractivity contribution in [1.82, 2.24) is 14.5 Å². The highest BCUT2D eigenvalue weighted by Gasteiger charge is 2.32. The Kier molecular flexibility index (Phi) is 6.53. The molecule has 1 N–H and O–H groups in total. The summed E-state index contributed by atoms with van der Waals surface area (Å²) in [6, 6.07) is 7.39. The molecule has 1 aromatic heterocycles. The average Bonchev–Trinajstić information content (AvgIpc) is 3.08. The van der Waals surface area contributed by atoms with Crippen LogP contribution in [-0.4, -0.2) is 52.6 Å². The number of imidazole rings is 1. The van der Waals surface area contributed by atoms with Gasteiger partial charge in [0.05, 0.1) is 17.1 Å². The molecule has 2 aliphatic heterocycles. The summed E-state index contributed by atoms with van der Waals surface area (Å²) >= 11 is 0. The molecule has 0 radical (unpaired) electrons. The Bertz CT molecular complexity index is 1370. The second kappa shape index (κ2) is 9.79. The molecule has 3 heterocycles. The first-order valence-corrected chi connectivity index (χ1v) is 12.0. The van der Waals surface area contributed by atoms with Gasteiger partial charge in [-0.25, -0.2) is 4.98 Å². The van der Waals surface area contributed by atoms with Crippen molar-refractivity contribution < 1.29 is 32.2 Å². The molecule has 11 heteroatoms. The lowest BCUT2D eigenvalue weighted by Gasteiger charge is -2.27. The molecule has 1 atom stereocenters. The normalized spacial score (nSPS) is 17.8. The maximum atomic E-state index is 13.2. The fourth-order valence-electron chi connectivity index (χ4n) is 4.80. The average molecular weight is 515 g/mol. The van der Waals surface area contributed by atoms with Crippen molar-refractivity contribution in [3.63, 3.8) is 0 Å². The second-order valence-corrected chi connectivity index (χ2v) is 8.93. The van der Waals surface area contributed by atoms with Crippen LogP contribution in [0.2, 0.25) is 0 Å². The number of alkyl halides is 3. The van der Waals surface area contributed by atoms with Crippen molar-refractivity contribution >= 4 is 28.8 Å². The van der Waals surface area contributed by atoms with Gasteiger partial charge in [-0.1, -0.05) is 12.6 Å². The van der Waals surface area contributed by atoms with Crippen LogP contribution in [0, 0.1) is 0 Å². The van der Waals surface area contributed by atoms with E-state index in [0.29, 0.717) is 55.3 Å². The van der Waals surface area contributed by atoms with E-state index in [9.17, 15) is 22.8 Å². The minimum absolute atomic E-state index is 0.151. The predicted octanol–water partition coefficient (Wildman–Crippen LogP) is 4.82. The maximum absolute atomic E-state index is 13.2. The molecular formula is C26H25F3N4O4. The summed E-state index contributed by atoms with van der Waals surface area (Å²) in [6.07, 6.45) is -1.01. The zero-order valence-electron chi connectivity index (χ0n) is 19.9. The molecule has 0 spiro atoms. The lowest BCUT2D eigenvalue weighted by molar-refractivity contribution is -0.137. The minimum Gasteiger partial charge on any atom is -0.486 e. The third-order valence-electron chi connectivity index (χ3n) is 6.53. The Balaban J connectivity index is 1.59. The van der Waals surface area contributed by atoms with Gasteiger partial charge in [-0.05, 0) is 55.7 Å². The van der Waals surface area contributed by atoms with Gasteiger partial charge in [-0.3, -0.25) is 14.9 Å². The maximum Gasteiger partial charge on any atom is 0.416 e. The van der Waals surface area contributed by atoms with Gasteiger partial charge in [0.1, 0.15) is 18.7 Å². The molecule has 0 unspecified atom stereocenters. The van der Waals surface area contributed by atoms with Gasteiger partial charge in [-0.2, -0.15) is 13.2 Å². The van der Waals surface area contributed by atoms with Gasteiger partial charge in [0.15, 0.2) is 11.5 Å². The molecule has 0 bridgehead atoms. The van der Waals surface area contributed by atoms with E-state index in [0.717, 1.165) is 25.0 Å². The van der Waals surface area contributed by atoms with Gasteiger partial charge >= 0.3 is 6.18 Å². The summed E-state index contributed by atoms with van der Waals surface area (Å²) < 4.78 is 53.1. The smallest absolute Gasteiger partial charge is 0.416 e. The number of nitrogens with zero attached hydrogens (tertiary/aromatic N) is 3. The van der Waals surface area contributed by atoms with Gasteiger partial charge in [-0.15, -0.1) is 0 Å². The minimum atomic E-state index is -4.58. The standard InChI is InChI=1S/C26H25F3N4O4/c1-2-21(34)32-11-4-3-8-18(15-32)33-22-19(9-10-20-23(22)37-13-12-36-20)30-25(33)31-24(35)16-6-5-7-17(14-16)26(27,28)29/h2,5-7,9-10,14,18H,1,3-4,8,11-13,15H2,(H,30,31,35)/t18-/m1/s1. The number of aromatic nitrogens is 2. The van der Waals surface area contributed by atoms with Crippen molar-refractivity contribution in [2.75, 3.05) is 31.6 Å². The molecule has 1 fully saturated rings. The molecule has 5 rings (SSSR count). The predicted molar refractivity (Wildman–Crippen MR) is 130 cm³/mol. The van der Waals surface area contributed by atoms with Gasteiger partial charge < -0.3 is 18.9 Å². The number of rotatable bonds is 4. The van der Waals surface area contributed by atoms with Gasteiger partial charge in [0.25, 0.3) is 5.91 Å². The molecule has 1 saturated heterocycles. The van der Waals surface area contributed by atoms with Gasteiger partial charge in [0, 0.05) is 18.7 Å². The Morgan fingerprint density at radius 3 is 2.73 bits per heavy atom. The highest BCUT2D eigenvalue weighted by molar-refractivity contribution is 6.04. The van der Waals surface area contributed by atoms with Crippen LogP contribution in [0.15, 0.2) is 49.1 Å². The number of hydrogen-bond donors (Lipinski definition) is 1. The van der Waals surface area contributed by atoms with E-state index in [1.165, 1.54) is 18.2 Å². The van der Waals surface area contributed by atoms with E-state index in [1.807, 2.05) is 4.57 Å². The summed E-state index contributed by atoms with van der Waals surface area (Å²) in [4.78, 5) is 31.9. The first kappa shape index (κ1) is 24.7. The number of nitrogens with one attached hydrogen (secondary N) is 1. The quantitative estimate of drug-likeness (QED) is 0.505. The van der Waals surface area contributed by atoms with Crippen LogP contribution in [0.5, 0.6) is 11.5 Å². The number of carbonyl (C=O) groups is 2. The van der Waals surface area contributed by atoms with E-state index >= 15 is 0 Å². The van der Waals surface area contributed by atoms with Crippen LogP contribution in [0.1, 0.15) is 41.2 Å². The molecule has 0 aliphatic carbocycles. The van der Waals surface area contributed by atoms with Crippen molar-refractivity contribution in [3.8, 4) is 11.5 Å². The summed E-state index contributed by atoms with van der Waals surface area (Å²) in [5.74, 6) is 0.219. The molecule has 2 amide bonds. The summed E-state index contributed by atoms with van der Waals surface area (Å²) in [5.41, 5.74) is 0.0406. The number of benzene rings is 2. The Morgan fingerprint density at radius 1 is 1.14 bits per heavy atom. The second-order valence-electron chi connectivity index (χ2n) is 8.93. The number of halogens is 3. The third kappa shape index (κ3) is 4.85. The fourth-order valence-corrected chi connectivity index (χ4v) is 4.80. The molecule has 8 nitrogen and oxygen atoms in total.